The lowest BCUT2D eigenvalue weighted by atomic mass is 10.1. The Labute approximate surface area is 116 Å². The molecule has 1 aliphatic rings. The summed E-state index contributed by atoms with van der Waals surface area (Å²) >= 11 is 0. The molecule has 1 saturated heterocycles. The second kappa shape index (κ2) is 6.30. The first-order chi connectivity index (χ1) is 9.13. The molecular formula is C14H20N2O2S. The Kier molecular flexibility index (Phi) is 4.71. The zero-order valence-corrected chi connectivity index (χ0v) is 12.2. The van der Waals surface area contributed by atoms with Crippen molar-refractivity contribution in [3.63, 3.8) is 0 Å². The van der Waals surface area contributed by atoms with Crippen molar-refractivity contribution >= 4 is 16.7 Å². The van der Waals surface area contributed by atoms with Crippen molar-refractivity contribution in [3.8, 4) is 0 Å². The molecule has 0 aliphatic carbocycles. The van der Waals surface area contributed by atoms with Gasteiger partial charge in [-0.05, 0) is 12.5 Å². The average Bonchev–Trinajstić information content (AvgIpc) is 2.73. The quantitative estimate of drug-likeness (QED) is 0.884. The Balaban J connectivity index is 2.12. The lowest BCUT2D eigenvalue weighted by molar-refractivity contribution is -0.129. The van der Waals surface area contributed by atoms with E-state index in [1.807, 2.05) is 44.2 Å². The van der Waals surface area contributed by atoms with Gasteiger partial charge >= 0.3 is 0 Å². The third-order valence-electron chi connectivity index (χ3n) is 3.37. The first-order valence-electron chi connectivity index (χ1n) is 6.60. The Morgan fingerprint density at radius 2 is 2.00 bits per heavy atom. The fourth-order valence-electron chi connectivity index (χ4n) is 2.27. The van der Waals surface area contributed by atoms with Gasteiger partial charge in [-0.15, -0.1) is 0 Å². The number of carbonyl (C=O) groups excluding carboxylic acids is 1. The fourth-order valence-corrected chi connectivity index (χ4v) is 2.96. The van der Waals surface area contributed by atoms with Gasteiger partial charge in [0.25, 0.3) is 0 Å². The molecule has 2 rings (SSSR count). The molecule has 0 aromatic heterocycles. The van der Waals surface area contributed by atoms with Gasteiger partial charge in [-0.25, -0.2) is 0 Å². The van der Waals surface area contributed by atoms with E-state index in [0.29, 0.717) is 18.1 Å². The number of carbonyl (C=O) groups is 1. The first kappa shape index (κ1) is 14.2. The van der Waals surface area contributed by atoms with Crippen molar-refractivity contribution in [2.45, 2.75) is 26.1 Å². The molecule has 104 valence electrons. The molecule has 19 heavy (non-hydrogen) atoms. The van der Waals surface area contributed by atoms with Crippen LogP contribution in [0.1, 0.15) is 25.6 Å². The molecule has 1 aromatic rings. The van der Waals surface area contributed by atoms with E-state index in [0.717, 1.165) is 5.56 Å². The first-order valence-corrected chi connectivity index (χ1v) is 8.08. The van der Waals surface area contributed by atoms with E-state index in [-0.39, 0.29) is 18.1 Å². The third kappa shape index (κ3) is 3.22. The van der Waals surface area contributed by atoms with Crippen LogP contribution in [0.4, 0.5) is 0 Å². The predicted octanol–water partition coefficient (Wildman–Crippen LogP) is 1.27. The summed E-state index contributed by atoms with van der Waals surface area (Å²) < 4.78 is 11.6. The molecule has 4 nitrogen and oxygen atoms in total. The molecule has 0 bridgehead atoms. The highest BCUT2D eigenvalue weighted by Crippen LogP contribution is 2.24. The van der Waals surface area contributed by atoms with Crippen molar-refractivity contribution < 1.29 is 9.00 Å². The number of rotatable bonds is 5. The summed E-state index contributed by atoms with van der Waals surface area (Å²) in [7, 11) is -0.842. The number of benzene rings is 1. The van der Waals surface area contributed by atoms with E-state index in [9.17, 15) is 9.00 Å². The zero-order chi connectivity index (χ0) is 13.8. The molecule has 5 heteroatoms. The van der Waals surface area contributed by atoms with E-state index in [2.05, 4.69) is 5.32 Å². The molecule has 3 unspecified atom stereocenters. The molecule has 1 amide bonds. The minimum Gasteiger partial charge on any atom is -0.321 e. The number of hydrogen-bond acceptors (Lipinski definition) is 3. The molecule has 1 aliphatic heterocycles. The molecule has 0 spiro atoms. The van der Waals surface area contributed by atoms with Crippen LogP contribution in [0.2, 0.25) is 0 Å². The Hall–Kier alpha value is -1.20. The molecule has 0 saturated carbocycles. The third-order valence-corrected chi connectivity index (χ3v) is 4.65. The van der Waals surface area contributed by atoms with Gasteiger partial charge in [0.05, 0.1) is 6.04 Å². The van der Waals surface area contributed by atoms with Gasteiger partial charge < -0.3 is 4.90 Å². The maximum atomic E-state index is 12.2. The molecule has 1 heterocycles. The predicted molar refractivity (Wildman–Crippen MR) is 77.0 cm³/mol. The maximum absolute atomic E-state index is 12.2. The maximum Gasteiger partial charge on any atom is 0.241 e. The standard InChI is InChI=1S/C14H20N2O2S/c1-3-19(18)10-9-16-13(15-11(2)14(16)17)12-7-5-4-6-8-12/h4-8,11,13,15H,3,9-10H2,1-2H3. The summed E-state index contributed by atoms with van der Waals surface area (Å²) in [4.78, 5) is 14.0. The summed E-state index contributed by atoms with van der Waals surface area (Å²) in [6.45, 7) is 4.31. The Morgan fingerprint density at radius 1 is 1.32 bits per heavy atom. The number of nitrogens with one attached hydrogen (secondary N) is 1. The summed E-state index contributed by atoms with van der Waals surface area (Å²) in [6.07, 6.45) is -0.0995. The van der Waals surface area contributed by atoms with Crippen LogP contribution in [-0.2, 0) is 15.6 Å². The second-order valence-corrected chi connectivity index (χ2v) is 6.53. The topological polar surface area (TPSA) is 49.4 Å². The van der Waals surface area contributed by atoms with Gasteiger partial charge in [-0.3, -0.25) is 14.3 Å². The molecule has 1 aromatic carbocycles. The minimum atomic E-state index is -0.842. The van der Waals surface area contributed by atoms with Crippen LogP contribution in [0, 0.1) is 0 Å². The van der Waals surface area contributed by atoms with Crippen LogP contribution in [-0.4, -0.2) is 39.1 Å². The van der Waals surface area contributed by atoms with Crippen LogP contribution in [0.25, 0.3) is 0 Å². The van der Waals surface area contributed by atoms with Crippen LogP contribution < -0.4 is 5.32 Å². The van der Waals surface area contributed by atoms with E-state index < -0.39 is 10.8 Å². The lowest BCUT2D eigenvalue weighted by Crippen LogP contribution is -2.34. The molecule has 0 radical (unpaired) electrons. The summed E-state index contributed by atoms with van der Waals surface area (Å²) in [6, 6.07) is 9.72. The van der Waals surface area contributed by atoms with Gasteiger partial charge in [0, 0.05) is 28.9 Å². The SMILES string of the molecule is CCS(=O)CCN1C(=O)C(C)NC1c1ccccc1. The van der Waals surface area contributed by atoms with E-state index in [4.69, 9.17) is 0 Å². The van der Waals surface area contributed by atoms with Gasteiger partial charge in [0.2, 0.25) is 5.91 Å². The van der Waals surface area contributed by atoms with Gasteiger partial charge in [-0.2, -0.15) is 0 Å². The second-order valence-electron chi connectivity index (χ2n) is 4.67. The number of hydrogen-bond donors (Lipinski definition) is 1. The van der Waals surface area contributed by atoms with E-state index in [1.165, 1.54) is 0 Å². The van der Waals surface area contributed by atoms with Crippen molar-refractivity contribution in [2.75, 3.05) is 18.1 Å². The highest BCUT2D eigenvalue weighted by atomic mass is 32.2. The summed E-state index contributed by atoms with van der Waals surface area (Å²) in [5.74, 6) is 1.27. The smallest absolute Gasteiger partial charge is 0.241 e. The molecule has 1 fully saturated rings. The van der Waals surface area contributed by atoms with Gasteiger partial charge in [0.1, 0.15) is 6.17 Å². The van der Waals surface area contributed by atoms with Crippen molar-refractivity contribution in [1.29, 1.82) is 0 Å². The van der Waals surface area contributed by atoms with E-state index >= 15 is 0 Å². The number of amides is 1. The summed E-state index contributed by atoms with van der Waals surface area (Å²) in [5, 5.41) is 3.29. The normalized spacial score (nSPS) is 24.7. The van der Waals surface area contributed by atoms with Crippen LogP contribution >= 0.6 is 0 Å². The highest BCUT2D eigenvalue weighted by Gasteiger charge is 2.36. The van der Waals surface area contributed by atoms with Crippen molar-refractivity contribution in [1.82, 2.24) is 10.2 Å². The largest absolute Gasteiger partial charge is 0.321 e. The van der Waals surface area contributed by atoms with Crippen LogP contribution in [0.5, 0.6) is 0 Å². The molecule has 1 N–H and O–H groups in total. The van der Waals surface area contributed by atoms with Gasteiger partial charge in [-0.1, -0.05) is 37.3 Å². The minimum absolute atomic E-state index is 0.0851. The van der Waals surface area contributed by atoms with Crippen molar-refractivity contribution in [2.24, 2.45) is 0 Å². The molecule has 3 atom stereocenters. The monoisotopic (exact) mass is 280 g/mol. The Morgan fingerprint density at radius 3 is 2.63 bits per heavy atom. The zero-order valence-electron chi connectivity index (χ0n) is 11.3. The van der Waals surface area contributed by atoms with Gasteiger partial charge in [0.15, 0.2) is 0 Å². The molecular weight excluding hydrogens is 260 g/mol. The lowest BCUT2D eigenvalue weighted by Gasteiger charge is -2.24. The van der Waals surface area contributed by atoms with Crippen LogP contribution in [0.3, 0.4) is 0 Å². The van der Waals surface area contributed by atoms with E-state index in [1.54, 1.807) is 4.90 Å². The highest BCUT2D eigenvalue weighted by molar-refractivity contribution is 7.84. The average molecular weight is 280 g/mol. The Bertz CT molecular complexity index is 464. The fraction of sp³-hybridized carbons (Fsp3) is 0.500. The van der Waals surface area contributed by atoms with Crippen LogP contribution in [0.15, 0.2) is 30.3 Å². The number of nitrogens with zero attached hydrogens (tertiary/aromatic N) is 1. The summed E-state index contributed by atoms with van der Waals surface area (Å²) in [5.41, 5.74) is 1.07. The van der Waals surface area contributed by atoms with Crippen molar-refractivity contribution in [3.05, 3.63) is 35.9 Å².